The van der Waals surface area contributed by atoms with Gasteiger partial charge in [0, 0.05) is 5.56 Å². The smallest absolute Gasteiger partial charge is 0.203 e. The van der Waals surface area contributed by atoms with Crippen LogP contribution in [0.4, 0.5) is 0 Å². The van der Waals surface area contributed by atoms with E-state index in [0.29, 0.717) is 17.2 Å². The molecular weight excluding hydrogens is 332 g/mol. The molecule has 0 aliphatic rings. The topological polar surface area (TPSA) is 46.2 Å². The Kier molecular flexibility index (Phi) is 7.21. The van der Waals surface area contributed by atoms with Gasteiger partial charge in [0.15, 0.2) is 23.0 Å². The fourth-order valence-electron chi connectivity index (χ4n) is 2.75. The van der Waals surface area contributed by atoms with E-state index < -0.39 is 0 Å². The average molecular weight is 358 g/mol. The predicted octanol–water partition coefficient (Wildman–Crippen LogP) is 4.38. The minimum atomic E-state index is 0.594. The highest BCUT2D eigenvalue weighted by atomic mass is 16.5. The summed E-state index contributed by atoms with van der Waals surface area (Å²) in [6, 6.07) is 9.80. The van der Waals surface area contributed by atoms with Gasteiger partial charge in [-0.15, -0.1) is 0 Å². The molecule has 0 aliphatic carbocycles. The lowest BCUT2D eigenvalue weighted by Crippen LogP contribution is -1.96. The first-order chi connectivity index (χ1) is 12.7. The summed E-state index contributed by atoms with van der Waals surface area (Å²) < 4.78 is 26.8. The van der Waals surface area contributed by atoms with Crippen LogP contribution in [0.3, 0.4) is 0 Å². The molecule has 2 aromatic carbocycles. The van der Waals surface area contributed by atoms with Crippen molar-refractivity contribution in [2.24, 2.45) is 0 Å². The molecule has 140 valence electrons. The molecule has 2 rings (SSSR count). The van der Waals surface area contributed by atoms with Gasteiger partial charge in [0.2, 0.25) is 5.75 Å². The molecule has 0 bridgehead atoms. The Morgan fingerprint density at radius 3 is 1.96 bits per heavy atom. The van der Waals surface area contributed by atoms with E-state index in [-0.39, 0.29) is 0 Å². The van der Waals surface area contributed by atoms with Crippen molar-refractivity contribution in [1.29, 1.82) is 0 Å². The van der Waals surface area contributed by atoms with Crippen LogP contribution >= 0.6 is 0 Å². The van der Waals surface area contributed by atoms with Crippen molar-refractivity contribution in [3.8, 4) is 28.7 Å². The van der Waals surface area contributed by atoms with Crippen LogP contribution in [0, 0.1) is 0 Å². The molecule has 0 spiro atoms. The molecule has 5 nitrogen and oxygen atoms in total. The number of methoxy groups -OCH3 is 5. The minimum absolute atomic E-state index is 0.594. The number of ether oxygens (including phenoxy) is 5. The monoisotopic (exact) mass is 358 g/mol. The Labute approximate surface area is 155 Å². The van der Waals surface area contributed by atoms with Gasteiger partial charge in [-0.2, -0.15) is 0 Å². The van der Waals surface area contributed by atoms with Gasteiger partial charge in [0.05, 0.1) is 35.5 Å². The normalized spacial score (nSPS) is 10.7. The van der Waals surface area contributed by atoms with Crippen molar-refractivity contribution >= 4 is 6.08 Å². The fraction of sp³-hybridized carbons (Fsp3) is 0.333. The number of rotatable bonds is 9. The van der Waals surface area contributed by atoms with Crippen molar-refractivity contribution in [3.63, 3.8) is 0 Å². The molecule has 5 heteroatoms. The van der Waals surface area contributed by atoms with Crippen molar-refractivity contribution in [2.75, 3.05) is 35.5 Å². The van der Waals surface area contributed by atoms with Gasteiger partial charge in [0.25, 0.3) is 0 Å². The van der Waals surface area contributed by atoms with E-state index in [2.05, 4.69) is 6.08 Å². The maximum atomic E-state index is 5.49. The fourth-order valence-corrected chi connectivity index (χ4v) is 2.75. The Balaban J connectivity index is 2.09. The molecule has 0 saturated carbocycles. The first kappa shape index (κ1) is 19.5. The summed E-state index contributed by atoms with van der Waals surface area (Å²) in [6.07, 6.45) is 5.92. The van der Waals surface area contributed by atoms with E-state index in [1.807, 2.05) is 36.4 Å². The van der Waals surface area contributed by atoms with E-state index in [1.54, 1.807) is 35.5 Å². The number of allylic oxidation sites excluding steroid dienone is 1. The van der Waals surface area contributed by atoms with Crippen LogP contribution in [0.2, 0.25) is 0 Å². The molecule has 2 aromatic rings. The van der Waals surface area contributed by atoms with Crippen LogP contribution in [0.25, 0.3) is 6.08 Å². The SMILES string of the molecule is COc1ccc(CC/C=C/c2ccc(OC)c(OC)c2OC)cc1OC. The van der Waals surface area contributed by atoms with Crippen LogP contribution in [-0.2, 0) is 6.42 Å². The first-order valence-electron chi connectivity index (χ1n) is 8.34. The lowest BCUT2D eigenvalue weighted by molar-refractivity contribution is 0.324. The highest BCUT2D eigenvalue weighted by Crippen LogP contribution is 2.40. The molecule has 0 aliphatic heterocycles. The summed E-state index contributed by atoms with van der Waals surface area (Å²) in [7, 11) is 8.11. The Morgan fingerprint density at radius 2 is 1.35 bits per heavy atom. The first-order valence-corrected chi connectivity index (χ1v) is 8.34. The van der Waals surface area contributed by atoms with Crippen LogP contribution in [0.15, 0.2) is 36.4 Å². The van der Waals surface area contributed by atoms with Crippen molar-refractivity contribution < 1.29 is 23.7 Å². The third-order valence-electron chi connectivity index (χ3n) is 4.08. The van der Waals surface area contributed by atoms with Crippen LogP contribution in [-0.4, -0.2) is 35.5 Å². The molecule has 0 fully saturated rings. The second-order valence-corrected chi connectivity index (χ2v) is 5.55. The summed E-state index contributed by atoms with van der Waals surface area (Å²) in [5.41, 5.74) is 2.13. The maximum Gasteiger partial charge on any atom is 0.203 e. The van der Waals surface area contributed by atoms with Crippen LogP contribution in [0.5, 0.6) is 28.7 Å². The van der Waals surface area contributed by atoms with E-state index >= 15 is 0 Å². The quantitative estimate of drug-likeness (QED) is 0.666. The largest absolute Gasteiger partial charge is 0.493 e. The zero-order valence-electron chi connectivity index (χ0n) is 16.0. The third-order valence-corrected chi connectivity index (χ3v) is 4.08. The zero-order valence-corrected chi connectivity index (χ0v) is 16.0. The Morgan fingerprint density at radius 1 is 0.692 bits per heavy atom. The molecule has 0 N–H and O–H groups in total. The van der Waals surface area contributed by atoms with Gasteiger partial charge in [-0.3, -0.25) is 0 Å². The van der Waals surface area contributed by atoms with Gasteiger partial charge >= 0.3 is 0 Å². The maximum absolute atomic E-state index is 5.49. The number of hydrogen-bond donors (Lipinski definition) is 0. The lowest BCUT2D eigenvalue weighted by Gasteiger charge is -2.14. The number of aryl methyl sites for hydroxylation is 1. The van der Waals surface area contributed by atoms with Crippen LogP contribution < -0.4 is 23.7 Å². The van der Waals surface area contributed by atoms with Gasteiger partial charge in [-0.05, 0) is 42.7 Å². The highest BCUT2D eigenvalue weighted by Gasteiger charge is 2.13. The minimum Gasteiger partial charge on any atom is -0.493 e. The van der Waals surface area contributed by atoms with Crippen molar-refractivity contribution in [2.45, 2.75) is 12.8 Å². The second-order valence-electron chi connectivity index (χ2n) is 5.55. The van der Waals surface area contributed by atoms with Gasteiger partial charge in [0.1, 0.15) is 0 Å². The molecule has 0 unspecified atom stereocenters. The molecule has 0 amide bonds. The third kappa shape index (κ3) is 4.42. The van der Waals surface area contributed by atoms with Crippen molar-refractivity contribution in [1.82, 2.24) is 0 Å². The molecule has 26 heavy (non-hydrogen) atoms. The van der Waals surface area contributed by atoms with E-state index in [4.69, 9.17) is 23.7 Å². The van der Waals surface area contributed by atoms with Gasteiger partial charge in [-0.1, -0.05) is 18.2 Å². The molecule has 0 saturated heterocycles. The van der Waals surface area contributed by atoms with Gasteiger partial charge < -0.3 is 23.7 Å². The molecule has 0 aromatic heterocycles. The van der Waals surface area contributed by atoms with E-state index in [0.717, 1.165) is 29.9 Å². The van der Waals surface area contributed by atoms with E-state index in [9.17, 15) is 0 Å². The Hall–Kier alpha value is -2.82. The van der Waals surface area contributed by atoms with Gasteiger partial charge in [-0.25, -0.2) is 0 Å². The lowest BCUT2D eigenvalue weighted by atomic mass is 10.1. The molecule has 0 radical (unpaired) electrons. The second kappa shape index (κ2) is 9.61. The summed E-state index contributed by atoms with van der Waals surface area (Å²) in [5, 5.41) is 0. The predicted molar refractivity (Wildman–Crippen MR) is 103 cm³/mol. The summed E-state index contributed by atoms with van der Waals surface area (Å²) in [5.74, 6) is 3.38. The highest BCUT2D eigenvalue weighted by molar-refractivity contribution is 5.66. The zero-order chi connectivity index (χ0) is 18.9. The van der Waals surface area contributed by atoms with Crippen molar-refractivity contribution in [3.05, 3.63) is 47.5 Å². The molecule has 0 heterocycles. The molecular formula is C21H26O5. The number of benzene rings is 2. The average Bonchev–Trinajstić information content (AvgIpc) is 2.69. The van der Waals surface area contributed by atoms with E-state index in [1.165, 1.54) is 5.56 Å². The summed E-state index contributed by atoms with van der Waals surface area (Å²) in [4.78, 5) is 0. The Bertz CT molecular complexity index is 752. The molecule has 0 atom stereocenters. The van der Waals surface area contributed by atoms with Crippen LogP contribution in [0.1, 0.15) is 17.5 Å². The summed E-state index contributed by atoms with van der Waals surface area (Å²) >= 11 is 0. The summed E-state index contributed by atoms with van der Waals surface area (Å²) in [6.45, 7) is 0. The number of hydrogen-bond acceptors (Lipinski definition) is 5. The standard InChI is InChI=1S/C21H26O5/c1-22-17-12-10-15(14-19(17)24-3)8-6-7-9-16-11-13-18(23-2)21(26-5)20(16)25-4/h7,9-14H,6,8H2,1-5H3/b9-7+.